The van der Waals surface area contributed by atoms with Crippen molar-refractivity contribution in [1.29, 1.82) is 0 Å². The van der Waals surface area contributed by atoms with Crippen molar-refractivity contribution in [2.75, 3.05) is 0 Å². The highest BCUT2D eigenvalue weighted by atomic mass is 16.3. The third-order valence-electron chi connectivity index (χ3n) is 2.88. The number of furan rings is 1. The number of hydrogen-bond donors (Lipinski definition) is 0. The van der Waals surface area contributed by atoms with Crippen molar-refractivity contribution < 1.29 is 4.42 Å². The lowest BCUT2D eigenvalue weighted by molar-refractivity contribution is 0.283. The summed E-state index contributed by atoms with van der Waals surface area (Å²) in [5.41, 5.74) is 3.24. The molecule has 0 bridgehead atoms. The van der Waals surface area contributed by atoms with Gasteiger partial charge in [0.2, 0.25) is 0 Å². The Kier molecular flexibility index (Phi) is 1.57. The van der Waals surface area contributed by atoms with E-state index < -0.39 is 0 Å². The smallest absolute Gasteiger partial charge is 0.107 e. The number of fused-ring (bicyclic) bond motifs is 1. The van der Waals surface area contributed by atoms with Gasteiger partial charge in [0.1, 0.15) is 5.76 Å². The number of aryl methyl sites for hydroxylation is 1. The van der Waals surface area contributed by atoms with Gasteiger partial charge in [-0.25, -0.2) is 0 Å². The molecular formula is C11H16O. The maximum atomic E-state index is 5.52. The molecule has 0 fully saturated rings. The molecule has 1 aliphatic rings. The van der Waals surface area contributed by atoms with Crippen LogP contribution in [0.3, 0.4) is 0 Å². The Balaban J connectivity index is 2.37. The lowest BCUT2D eigenvalue weighted by Gasteiger charge is -2.28. The Bertz CT molecular complexity index is 294. The van der Waals surface area contributed by atoms with Gasteiger partial charge in [0.05, 0.1) is 6.26 Å². The molecular weight excluding hydrogens is 148 g/mol. The van der Waals surface area contributed by atoms with Gasteiger partial charge in [0.25, 0.3) is 0 Å². The quantitative estimate of drug-likeness (QED) is 0.574. The minimum Gasteiger partial charge on any atom is -0.469 e. The molecule has 12 heavy (non-hydrogen) atoms. The zero-order chi connectivity index (χ0) is 8.77. The van der Waals surface area contributed by atoms with Crippen molar-refractivity contribution in [1.82, 2.24) is 0 Å². The Morgan fingerprint density at radius 1 is 1.42 bits per heavy atom. The Morgan fingerprint density at radius 2 is 2.17 bits per heavy atom. The van der Waals surface area contributed by atoms with Crippen LogP contribution in [0.25, 0.3) is 0 Å². The summed E-state index contributed by atoms with van der Waals surface area (Å²) in [6.07, 6.45) is 5.49. The highest BCUT2D eigenvalue weighted by molar-refractivity contribution is 5.29. The fourth-order valence-corrected chi connectivity index (χ4v) is 1.99. The van der Waals surface area contributed by atoms with Crippen LogP contribution >= 0.6 is 0 Å². The van der Waals surface area contributed by atoms with Crippen LogP contribution < -0.4 is 0 Å². The Hall–Kier alpha value is -0.720. The normalized spacial score (nSPS) is 20.6. The van der Waals surface area contributed by atoms with Crippen LogP contribution in [0.4, 0.5) is 0 Å². The minimum absolute atomic E-state index is 0.442. The summed E-state index contributed by atoms with van der Waals surface area (Å²) in [5.74, 6) is 1.23. The zero-order valence-electron chi connectivity index (χ0n) is 8.11. The molecule has 1 aliphatic carbocycles. The summed E-state index contributed by atoms with van der Waals surface area (Å²) in [6, 6.07) is 0. The van der Waals surface area contributed by atoms with Crippen molar-refractivity contribution in [2.45, 2.75) is 40.0 Å². The Labute approximate surface area is 73.8 Å². The Morgan fingerprint density at radius 3 is 2.92 bits per heavy atom. The highest BCUT2D eigenvalue weighted by Crippen LogP contribution is 2.36. The molecule has 0 aliphatic heterocycles. The molecule has 1 heteroatoms. The molecule has 0 amide bonds. The van der Waals surface area contributed by atoms with E-state index in [2.05, 4.69) is 20.8 Å². The van der Waals surface area contributed by atoms with Gasteiger partial charge in [-0.1, -0.05) is 13.8 Å². The predicted molar refractivity (Wildman–Crippen MR) is 49.3 cm³/mol. The first-order chi connectivity index (χ1) is 5.58. The first-order valence-electron chi connectivity index (χ1n) is 4.64. The summed E-state index contributed by atoms with van der Waals surface area (Å²) >= 11 is 0. The van der Waals surface area contributed by atoms with E-state index >= 15 is 0 Å². The number of rotatable bonds is 0. The van der Waals surface area contributed by atoms with Crippen molar-refractivity contribution in [3.8, 4) is 0 Å². The van der Waals surface area contributed by atoms with E-state index in [0.717, 1.165) is 6.42 Å². The first-order valence-corrected chi connectivity index (χ1v) is 4.64. The molecule has 0 aromatic carbocycles. The summed E-state index contributed by atoms with van der Waals surface area (Å²) in [5, 5.41) is 0. The molecule has 0 radical (unpaired) electrons. The van der Waals surface area contributed by atoms with Crippen LogP contribution in [0, 0.1) is 12.3 Å². The summed E-state index contributed by atoms with van der Waals surface area (Å²) < 4.78 is 5.52. The lowest BCUT2D eigenvalue weighted by Crippen LogP contribution is -2.21. The maximum absolute atomic E-state index is 5.52. The van der Waals surface area contributed by atoms with Crippen LogP contribution in [0.15, 0.2) is 10.7 Å². The molecule has 66 valence electrons. The van der Waals surface area contributed by atoms with E-state index in [1.807, 2.05) is 6.26 Å². The van der Waals surface area contributed by atoms with Crippen LogP contribution in [0.2, 0.25) is 0 Å². The second-order valence-corrected chi connectivity index (χ2v) is 4.66. The largest absolute Gasteiger partial charge is 0.469 e. The molecule has 0 unspecified atom stereocenters. The average molecular weight is 164 g/mol. The van der Waals surface area contributed by atoms with E-state index in [-0.39, 0.29) is 0 Å². The predicted octanol–water partition coefficient (Wildman–Crippen LogP) is 3.10. The molecule has 1 nitrogen and oxygen atoms in total. The van der Waals surface area contributed by atoms with Crippen molar-refractivity contribution >= 4 is 0 Å². The molecule has 1 aromatic rings. The molecule has 2 rings (SSSR count). The lowest BCUT2D eigenvalue weighted by atomic mass is 9.77. The second kappa shape index (κ2) is 2.38. The topological polar surface area (TPSA) is 13.1 Å². The van der Waals surface area contributed by atoms with Crippen LogP contribution in [0.5, 0.6) is 0 Å². The van der Waals surface area contributed by atoms with E-state index in [9.17, 15) is 0 Å². The maximum Gasteiger partial charge on any atom is 0.107 e. The van der Waals surface area contributed by atoms with Gasteiger partial charge < -0.3 is 4.42 Å². The van der Waals surface area contributed by atoms with E-state index in [0.29, 0.717) is 5.41 Å². The second-order valence-electron chi connectivity index (χ2n) is 4.66. The SMILES string of the molecule is Cc1coc2c1CCC(C)(C)C2. The van der Waals surface area contributed by atoms with Crippen LogP contribution in [-0.4, -0.2) is 0 Å². The third kappa shape index (κ3) is 1.17. The summed E-state index contributed by atoms with van der Waals surface area (Å²) in [4.78, 5) is 0. The van der Waals surface area contributed by atoms with Gasteiger partial charge in [-0.05, 0) is 36.3 Å². The van der Waals surface area contributed by atoms with Crippen LogP contribution in [0.1, 0.15) is 37.2 Å². The third-order valence-corrected chi connectivity index (χ3v) is 2.88. The van der Waals surface area contributed by atoms with Crippen molar-refractivity contribution in [2.24, 2.45) is 5.41 Å². The van der Waals surface area contributed by atoms with Gasteiger partial charge in [-0.15, -0.1) is 0 Å². The number of hydrogen-bond acceptors (Lipinski definition) is 1. The summed E-state index contributed by atoms with van der Waals surface area (Å²) in [7, 11) is 0. The molecule has 0 atom stereocenters. The van der Waals surface area contributed by atoms with Gasteiger partial charge in [0, 0.05) is 6.42 Å². The van der Waals surface area contributed by atoms with Crippen LogP contribution in [-0.2, 0) is 12.8 Å². The molecule has 1 aromatic heterocycles. The molecule has 0 N–H and O–H groups in total. The molecule has 0 saturated carbocycles. The standard InChI is InChI=1S/C11H16O/c1-8-7-12-10-6-11(2,3)5-4-9(8)10/h7H,4-6H2,1-3H3. The zero-order valence-corrected chi connectivity index (χ0v) is 8.11. The first kappa shape index (κ1) is 7.90. The molecule has 1 heterocycles. The fraction of sp³-hybridized carbons (Fsp3) is 0.636. The van der Waals surface area contributed by atoms with E-state index in [1.165, 1.54) is 29.7 Å². The van der Waals surface area contributed by atoms with Gasteiger partial charge >= 0.3 is 0 Å². The van der Waals surface area contributed by atoms with Crippen molar-refractivity contribution in [3.05, 3.63) is 23.2 Å². The van der Waals surface area contributed by atoms with Gasteiger partial charge in [0.15, 0.2) is 0 Å². The summed E-state index contributed by atoms with van der Waals surface area (Å²) in [6.45, 7) is 6.77. The van der Waals surface area contributed by atoms with Gasteiger partial charge in [-0.3, -0.25) is 0 Å². The molecule has 0 saturated heterocycles. The van der Waals surface area contributed by atoms with Crippen molar-refractivity contribution in [3.63, 3.8) is 0 Å². The monoisotopic (exact) mass is 164 g/mol. The fourth-order valence-electron chi connectivity index (χ4n) is 1.99. The highest BCUT2D eigenvalue weighted by Gasteiger charge is 2.28. The average Bonchev–Trinajstić information content (AvgIpc) is 2.30. The van der Waals surface area contributed by atoms with E-state index in [1.54, 1.807) is 0 Å². The molecule has 0 spiro atoms. The van der Waals surface area contributed by atoms with Gasteiger partial charge in [-0.2, -0.15) is 0 Å². The minimum atomic E-state index is 0.442. The van der Waals surface area contributed by atoms with E-state index in [4.69, 9.17) is 4.42 Å².